The van der Waals surface area contributed by atoms with E-state index in [1.807, 2.05) is 18.2 Å². The SMILES string of the molecule is COc1ccc(CN(C(=O)C2CC2)C2CCCC2)cc1OCc1cccs1. The molecule has 2 aliphatic rings. The Morgan fingerprint density at radius 1 is 1.15 bits per heavy atom. The van der Waals surface area contributed by atoms with Crippen molar-refractivity contribution in [3.8, 4) is 11.5 Å². The third-order valence-electron chi connectivity index (χ3n) is 5.51. The number of ether oxygens (including phenoxy) is 2. The van der Waals surface area contributed by atoms with Crippen LogP contribution in [-0.2, 0) is 17.9 Å². The van der Waals surface area contributed by atoms with Crippen LogP contribution in [0.3, 0.4) is 0 Å². The minimum atomic E-state index is 0.262. The molecule has 0 bridgehead atoms. The Bertz CT molecular complexity index is 764. The lowest BCUT2D eigenvalue weighted by molar-refractivity contribution is -0.135. The number of carbonyl (C=O) groups is 1. The van der Waals surface area contributed by atoms with E-state index >= 15 is 0 Å². The summed E-state index contributed by atoms with van der Waals surface area (Å²) in [5.41, 5.74) is 1.11. The van der Waals surface area contributed by atoms with E-state index in [1.165, 1.54) is 17.7 Å². The lowest BCUT2D eigenvalue weighted by Crippen LogP contribution is -2.39. The number of hydrogen-bond acceptors (Lipinski definition) is 4. The minimum Gasteiger partial charge on any atom is -0.493 e. The summed E-state index contributed by atoms with van der Waals surface area (Å²) in [6, 6.07) is 10.5. The van der Waals surface area contributed by atoms with Crippen LogP contribution < -0.4 is 9.47 Å². The molecule has 4 nitrogen and oxygen atoms in total. The number of hydrogen-bond donors (Lipinski definition) is 0. The van der Waals surface area contributed by atoms with Crippen molar-refractivity contribution in [2.24, 2.45) is 5.92 Å². The van der Waals surface area contributed by atoms with Crippen molar-refractivity contribution in [2.45, 2.75) is 57.7 Å². The molecule has 2 fully saturated rings. The quantitative estimate of drug-likeness (QED) is 0.641. The van der Waals surface area contributed by atoms with Crippen molar-refractivity contribution < 1.29 is 14.3 Å². The van der Waals surface area contributed by atoms with Gasteiger partial charge in [-0.2, -0.15) is 0 Å². The van der Waals surface area contributed by atoms with Gasteiger partial charge in [0.25, 0.3) is 0 Å². The molecule has 0 atom stereocenters. The first-order chi connectivity index (χ1) is 13.2. The van der Waals surface area contributed by atoms with Crippen molar-refractivity contribution in [1.29, 1.82) is 0 Å². The van der Waals surface area contributed by atoms with Crippen molar-refractivity contribution in [2.75, 3.05) is 7.11 Å². The van der Waals surface area contributed by atoms with Gasteiger partial charge < -0.3 is 14.4 Å². The van der Waals surface area contributed by atoms with Crippen molar-refractivity contribution in [3.05, 3.63) is 46.2 Å². The van der Waals surface area contributed by atoms with Gasteiger partial charge in [0.2, 0.25) is 5.91 Å². The third kappa shape index (κ3) is 4.46. The highest BCUT2D eigenvalue weighted by atomic mass is 32.1. The van der Waals surface area contributed by atoms with E-state index in [1.54, 1.807) is 18.4 Å². The number of methoxy groups -OCH3 is 1. The molecule has 0 radical (unpaired) electrons. The molecule has 0 unspecified atom stereocenters. The molecule has 2 aromatic rings. The molecule has 0 aliphatic heterocycles. The summed E-state index contributed by atoms with van der Waals surface area (Å²) in [5.74, 6) is 2.09. The topological polar surface area (TPSA) is 38.8 Å². The predicted molar refractivity (Wildman–Crippen MR) is 107 cm³/mol. The van der Waals surface area contributed by atoms with Crippen molar-refractivity contribution in [1.82, 2.24) is 4.90 Å². The van der Waals surface area contributed by atoms with Crippen LogP contribution in [0.5, 0.6) is 11.5 Å². The Hall–Kier alpha value is -2.01. The molecule has 1 aromatic carbocycles. The lowest BCUT2D eigenvalue weighted by Gasteiger charge is -2.29. The second kappa shape index (κ2) is 8.34. The minimum absolute atomic E-state index is 0.262. The van der Waals surface area contributed by atoms with Crippen molar-refractivity contribution in [3.63, 3.8) is 0 Å². The Balaban J connectivity index is 1.50. The van der Waals surface area contributed by atoms with Gasteiger partial charge in [-0.25, -0.2) is 0 Å². The number of carbonyl (C=O) groups excluding carboxylic acids is 1. The van der Waals surface area contributed by atoms with Crippen molar-refractivity contribution >= 4 is 17.2 Å². The van der Waals surface area contributed by atoms with Crippen LogP contribution in [0.25, 0.3) is 0 Å². The number of nitrogens with zero attached hydrogens (tertiary/aromatic N) is 1. The van der Waals surface area contributed by atoms with E-state index in [0.29, 0.717) is 25.1 Å². The average Bonchev–Trinajstić information content (AvgIpc) is 3.17. The second-order valence-corrected chi connectivity index (χ2v) is 8.56. The van der Waals surface area contributed by atoms with Crippen LogP contribution in [0.2, 0.25) is 0 Å². The molecule has 5 heteroatoms. The standard InChI is InChI=1S/C22H27NO3S/c1-25-20-11-8-16(13-21(20)26-15-19-7-4-12-27-19)14-23(18-5-2-3-6-18)22(24)17-9-10-17/h4,7-8,11-13,17-18H,2-3,5-6,9-10,14-15H2,1H3. The smallest absolute Gasteiger partial charge is 0.226 e. The Morgan fingerprint density at radius 3 is 2.63 bits per heavy atom. The monoisotopic (exact) mass is 385 g/mol. The molecule has 2 aliphatic carbocycles. The molecular weight excluding hydrogens is 358 g/mol. The molecule has 0 saturated heterocycles. The van der Waals surface area contributed by atoms with Gasteiger partial charge in [0.05, 0.1) is 7.11 Å². The van der Waals surface area contributed by atoms with E-state index in [0.717, 1.165) is 42.7 Å². The van der Waals surface area contributed by atoms with Gasteiger partial charge in [-0.3, -0.25) is 4.79 Å². The molecule has 1 aromatic heterocycles. The van der Waals surface area contributed by atoms with Gasteiger partial charge in [-0.15, -0.1) is 11.3 Å². The van der Waals surface area contributed by atoms with E-state index in [4.69, 9.17) is 9.47 Å². The highest BCUT2D eigenvalue weighted by molar-refractivity contribution is 7.09. The maximum absolute atomic E-state index is 12.9. The third-order valence-corrected chi connectivity index (χ3v) is 6.36. The Kier molecular flexibility index (Phi) is 5.67. The van der Waals surface area contributed by atoms with Gasteiger partial charge in [0.15, 0.2) is 11.5 Å². The molecule has 2 saturated carbocycles. The fraction of sp³-hybridized carbons (Fsp3) is 0.500. The number of thiophene rings is 1. The summed E-state index contributed by atoms with van der Waals surface area (Å²) in [6.07, 6.45) is 6.85. The first-order valence-corrected chi connectivity index (χ1v) is 10.7. The van der Waals surface area contributed by atoms with E-state index < -0.39 is 0 Å². The van der Waals surface area contributed by atoms with Crippen LogP contribution in [0, 0.1) is 5.92 Å². The second-order valence-electron chi connectivity index (χ2n) is 7.53. The summed E-state index contributed by atoms with van der Waals surface area (Å²) in [6.45, 7) is 1.20. The highest BCUT2D eigenvalue weighted by Crippen LogP contribution is 2.36. The normalized spacial score (nSPS) is 17.1. The van der Waals surface area contributed by atoms with Gasteiger partial charge in [0, 0.05) is 23.4 Å². The fourth-order valence-electron chi connectivity index (χ4n) is 3.84. The van der Waals surface area contributed by atoms with E-state index in [9.17, 15) is 4.79 Å². The highest BCUT2D eigenvalue weighted by Gasteiger charge is 2.37. The lowest BCUT2D eigenvalue weighted by atomic mass is 10.1. The number of benzene rings is 1. The summed E-state index contributed by atoms with van der Waals surface area (Å²) in [7, 11) is 1.66. The molecule has 1 amide bonds. The summed E-state index contributed by atoms with van der Waals surface area (Å²) in [4.78, 5) is 16.2. The molecule has 27 heavy (non-hydrogen) atoms. The molecule has 0 spiro atoms. The zero-order valence-corrected chi connectivity index (χ0v) is 16.7. The first-order valence-electron chi connectivity index (χ1n) is 9.87. The summed E-state index contributed by atoms with van der Waals surface area (Å²) in [5, 5.41) is 2.05. The van der Waals surface area contributed by atoms with Gasteiger partial charge >= 0.3 is 0 Å². The van der Waals surface area contributed by atoms with E-state index in [-0.39, 0.29) is 5.92 Å². The van der Waals surface area contributed by atoms with Crippen LogP contribution in [0.15, 0.2) is 35.7 Å². The number of rotatable bonds is 8. The number of amides is 1. The van der Waals surface area contributed by atoms with Crippen LogP contribution in [0.1, 0.15) is 49.0 Å². The van der Waals surface area contributed by atoms with Gasteiger partial charge in [0.1, 0.15) is 6.61 Å². The largest absolute Gasteiger partial charge is 0.493 e. The maximum Gasteiger partial charge on any atom is 0.226 e. The summed E-state index contributed by atoms with van der Waals surface area (Å²) < 4.78 is 11.5. The molecule has 1 heterocycles. The van der Waals surface area contributed by atoms with Gasteiger partial charge in [-0.1, -0.05) is 25.0 Å². The zero-order valence-electron chi connectivity index (χ0n) is 15.9. The van der Waals surface area contributed by atoms with Crippen LogP contribution in [-0.4, -0.2) is 24.0 Å². The van der Waals surface area contributed by atoms with Gasteiger partial charge in [-0.05, 0) is 54.8 Å². The Morgan fingerprint density at radius 2 is 1.96 bits per heavy atom. The van der Waals surface area contributed by atoms with Crippen LogP contribution >= 0.6 is 11.3 Å². The maximum atomic E-state index is 12.9. The molecule has 144 valence electrons. The van der Waals surface area contributed by atoms with E-state index in [2.05, 4.69) is 22.4 Å². The Labute approximate surface area is 165 Å². The average molecular weight is 386 g/mol. The predicted octanol–water partition coefficient (Wildman–Crippen LogP) is 5.02. The van der Waals surface area contributed by atoms with Crippen LogP contribution in [0.4, 0.5) is 0 Å². The summed E-state index contributed by atoms with van der Waals surface area (Å²) >= 11 is 1.68. The fourth-order valence-corrected chi connectivity index (χ4v) is 4.46. The molecule has 0 N–H and O–H groups in total. The molecular formula is C22H27NO3S. The zero-order chi connectivity index (χ0) is 18.6. The first kappa shape index (κ1) is 18.4. The molecule has 4 rings (SSSR count).